The maximum atomic E-state index is 12.0. The highest BCUT2D eigenvalue weighted by molar-refractivity contribution is 5.76. The lowest BCUT2D eigenvalue weighted by Gasteiger charge is -2.44. The molecule has 0 saturated carbocycles. The van der Waals surface area contributed by atoms with Crippen molar-refractivity contribution >= 4 is 12.0 Å². The zero-order chi connectivity index (χ0) is 15.2. The van der Waals surface area contributed by atoms with E-state index in [1.807, 2.05) is 13.0 Å². The van der Waals surface area contributed by atoms with E-state index in [0.29, 0.717) is 18.5 Å². The number of carbonyl (C=O) groups excluding carboxylic acids is 1. The molecule has 1 aromatic rings. The Kier molecular flexibility index (Phi) is 5.57. The molecule has 3 heteroatoms. The van der Waals surface area contributed by atoms with Crippen molar-refractivity contribution in [1.82, 2.24) is 9.80 Å². The van der Waals surface area contributed by atoms with Gasteiger partial charge in [-0.25, -0.2) is 0 Å². The molecular formula is C18H26N2O. The number of rotatable bonds is 4. The summed E-state index contributed by atoms with van der Waals surface area (Å²) in [6.45, 7) is 9.09. The molecule has 0 N–H and O–H groups in total. The van der Waals surface area contributed by atoms with Crippen molar-refractivity contribution in [2.24, 2.45) is 0 Å². The van der Waals surface area contributed by atoms with Gasteiger partial charge in [-0.3, -0.25) is 9.69 Å². The Balaban J connectivity index is 1.89. The van der Waals surface area contributed by atoms with Gasteiger partial charge in [-0.05, 0) is 19.4 Å². The standard InChI is InChI=1S/C18H26N2O/c1-4-18(21)20-15(2)13-19(14-16(20)3)12-8-11-17-9-6-5-7-10-17/h5-11,15-16H,4,12-14H2,1-3H3. The molecule has 1 aliphatic rings. The first kappa shape index (κ1) is 15.8. The fraction of sp³-hybridized carbons (Fsp3) is 0.500. The van der Waals surface area contributed by atoms with Crippen LogP contribution < -0.4 is 0 Å². The van der Waals surface area contributed by atoms with Crippen molar-refractivity contribution in [2.75, 3.05) is 19.6 Å². The molecule has 2 atom stereocenters. The number of piperazine rings is 1. The second-order valence-electron chi connectivity index (χ2n) is 5.88. The quantitative estimate of drug-likeness (QED) is 0.849. The maximum Gasteiger partial charge on any atom is 0.222 e. The summed E-state index contributed by atoms with van der Waals surface area (Å²) in [5, 5.41) is 0. The van der Waals surface area contributed by atoms with Crippen LogP contribution in [-0.4, -0.2) is 47.4 Å². The maximum absolute atomic E-state index is 12.0. The van der Waals surface area contributed by atoms with Gasteiger partial charge in [0.1, 0.15) is 0 Å². The second kappa shape index (κ2) is 7.41. The van der Waals surface area contributed by atoms with Gasteiger partial charge in [0.25, 0.3) is 0 Å². The molecule has 0 radical (unpaired) electrons. The summed E-state index contributed by atoms with van der Waals surface area (Å²) >= 11 is 0. The van der Waals surface area contributed by atoms with Crippen LogP contribution in [0.4, 0.5) is 0 Å². The zero-order valence-corrected chi connectivity index (χ0v) is 13.3. The molecule has 2 rings (SSSR count). The van der Waals surface area contributed by atoms with Crippen LogP contribution in [-0.2, 0) is 4.79 Å². The van der Waals surface area contributed by atoms with Crippen LogP contribution >= 0.6 is 0 Å². The predicted molar refractivity (Wildman–Crippen MR) is 88.0 cm³/mol. The van der Waals surface area contributed by atoms with Gasteiger partial charge >= 0.3 is 0 Å². The minimum atomic E-state index is 0.273. The van der Waals surface area contributed by atoms with Crippen LogP contribution in [0.5, 0.6) is 0 Å². The number of hydrogen-bond donors (Lipinski definition) is 0. The third-order valence-corrected chi connectivity index (χ3v) is 4.06. The first-order valence-electron chi connectivity index (χ1n) is 7.87. The van der Waals surface area contributed by atoms with E-state index in [0.717, 1.165) is 19.6 Å². The van der Waals surface area contributed by atoms with Crippen molar-refractivity contribution in [3.8, 4) is 0 Å². The highest BCUT2D eigenvalue weighted by atomic mass is 16.2. The minimum Gasteiger partial charge on any atom is -0.335 e. The van der Waals surface area contributed by atoms with Gasteiger partial charge in [-0.1, -0.05) is 49.4 Å². The van der Waals surface area contributed by atoms with E-state index in [1.54, 1.807) is 0 Å². The molecule has 3 nitrogen and oxygen atoms in total. The molecule has 1 amide bonds. The first-order valence-corrected chi connectivity index (χ1v) is 7.87. The van der Waals surface area contributed by atoms with Crippen molar-refractivity contribution in [3.05, 3.63) is 42.0 Å². The summed E-state index contributed by atoms with van der Waals surface area (Å²) in [5.41, 5.74) is 1.23. The van der Waals surface area contributed by atoms with Crippen LogP contribution in [0, 0.1) is 0 Å². The second-order valence-corrected chi connectivity index (χ2v) is 5.88. The fourth-order valence-electron chi connectivity index (χ4n) is 3.16. The van der Waals surface area contributed by atoms with Gasteiger partial charge in [0, 0.05) is 38.1 Å². The highest BCUT2D eigenvalue weighted by Crippen LogP contribution is 2.17. The van der Waals surface area contributed by atoms with Gasteiger partial charge in [0.05, 0.1) is 0 Å². The molecule has 0 bridgehead atoms. The Morgan fingerprint density at radius 3 is 2.38 bits per heavy atom. The fourth-order valence-corrected chi connectivity index (χ4v) is 3.16. The molecule has 1 aliphatic heterocycles. The van der Waals surface area contributed by atoms with E-state index in [1.165, 1.54) is 5.56 Å². The highest BCUT2D eigenvalue weighted by Gasteiger charge is 2.31. The van der Waals surface area contributed by atoms with Crippen LogP contribution in [0.3, 0.4) is 0 Å². The SMILES string of the molecule is CCC(=O)N1C(C)CN(CC=Cc2ccccc2)CC1C. The number of benzene rings is 1. The lowest BCUT2D eigenvalue weighted by atomic mass is 10.1. The molecule has 114 valence electrons. The number of hydrogen-bond acceptors (Lipinski definition) is 2. The molecular weight excluding hydrogens is 260 g/mol. The minimum absolute atomic E-state index is 0.273. The summed E-state index contributed by atoms with van der Waals surface area (Å²) in [5.74, 6) is 0.273. The molecule has 1 heterocycles. The molecule has 0 aliphatic carbocycles. The Morgan fingerprint density at radius 1 is 1.19 bits per heavy atom. The summed E-state index contributed by atoms with van der Waals surface area (Å²) in [6.07, 6.45) is 4.98. The average molecular weight is 286 g/mol. The molecule has 0 spiro atoms. The molecule has 1 fully saturated rings. The lowest BCUT2D eigenvalue weighted by molar-refractivity contribution is -0.138. The number of carbonyl (C=O) groups is 1. The van der Waals surface area contributed by atoms with E-state index < -0.39 is 0 Å². The van der Waals surface area contributed by atoms with Crippen LogP contribution in [0.1, 0.15) is 32.8 Å². The van der Waals surface area contributed by atoms with Crippen LogP contribution in [0.15, 0.2) is 36.4 Å². The Labute approximate surface area is 128 Å². The largest absolute Gasteiger partial charge is 0.335 e. The van der Waals surface area contributed by atoms with Crippen molar-refractivity contribution in [3.63, 3.8) is 0 Å². The van der Waals surface area contributed by atoms with E-state index in [2.05, 4.69) is 60.1 Å². The monoisotopic (exact) mass is 286 g/mol. The summed E-state index contributed by atoms with van der Waals surface area (Å²) in [7, 11) is 0. The van der Waals surface area contributed by atoms with Gasteiger partial charge in [0.15, 0.2) is 0 Å². The Hall–Kier alpha value is -1.61. The summed E-state index contributed by atoms with van der Waals surface area (Å²) < 4.78 is 0. The predicted octanol–water partition coefficient (Wildman–Crippen LogP) is 3.03. The van der Waals surface area contributed by atoms with Gasteiger partial charge in [-0.2, -0.15) is 0 Å². The third-order valence-electron chi connectivity index (χ3n) is 4.06. The molecule has 2 unspecified atom stereocenters. The van der Waals surface area contributed by atoms with Crippen LogP contribution in [0.25, 0.3) is 6.08 Å². The lowest BCUT2D eigenvalue weighted by Crippen LogP contribution is -2.58. The van der Waals surface area contributed by atoms with Gasteiger partial charge < -0.3 is 4.90 Å². The van der Waals surface area contributed by atoms with E-state index in [9.17, 15) is 4.79 Å². The zero-order valence-electron chi connectivity index (χ0n) is 13.3. The normalized spacial score (nSPS) is 23.7. The molecule has 1 saturated heterocycles. The number of nitrogens with zero attached hydrogens (tertiary/aromatic N) is 2. The average Bonchev–Trinajstić information content (AvgIpc) is 2.47. The van der Waals surface area contributed by atoms with Crippen molar-refractivity contribution < 1.29 is 4.79 Å². The smallest absolute Gasteiger partial charge is 0.222 e. The van der Waals surface area contributed by atoms with Crippen LogP contribution in [0.2, 0.25) is 0 Å². The summed E-state index contributed by atoms with van der Waals surface area (Å²) in [6, 6.07) is 11.0. The van der Waals surface area contributed by atoms with Crippen molar-refractivity contribution in [2.45, 2.75) is 39.3 Å². The summed E-state index contributed by atoms with van der Waals surface area (Å²) in [4.78, 5) is 16.5. The molecule has 21 heavy (non-hydrogen) atoms. The topological polar surface area (TPSA) is 23.6 Å². The van der Waals surface area contributed by atoms with Gasteiger partial charge in [0.2, 0.25) is 5.91 Å². The van der Waals surface area contributed by atoms with E-state index >= 15 is 0 Å². The van der Waals surface area contributed by atoms with Crippen molar-refractivity contribution in [1.29, 1.82) is 0 Å². The number of amides is 1. The van der Waals surface area contributed by atoms with E-state index in [-0.39, 0.29) is 5.91 Å². The molecule has 1 aromatic carbocycles. The molecule has 0 aromatic heterocycles. The first-order chi connectivity index (χ1) is 10.1. The Morgan fingerprint density at radius 2 is 1.81 bits per heavy atom. The Bertz CT molecular complexity index is 471. The van der Waals surface area contributed by atoms with Gasteiger partial charge in [-0.15, -0.1) is 0 Å². The third kappa shape index (κ3) is 4.18. The van der Waals surface area contributed by atoms with E-state index in [4.69, 9.17) is 0 Å².